The summed E-state index contributed by atoms with van der Waals surface area (Å²) in [4.78, 5) is 14.7. The fraction of sp³-hybridized carbons (Fsp3) is 0.818. The van der Waals surface area contributed by atoms with E-state index in [1.807, 2.05) is 6.20 Å². The largest absolute Gasteiger partial charge is 0.356 e. The van der Waals surface area contributed by atoms with Crippen molar-refractivity contribution in [3.8, 4) is 0 Å². The summed E-state index contributed by atoms with van der Waals surface area (Å²) in [5, 5.41) is 3.69. The molecule has 2 aliphatic heterocycles. The molecular formula is C22H37N5. The molecule has 1 atom stereocenters. The molecule has 0 amide bonds. The second kappa shape index (κ2) is 9.72. The molecule has 0 aromatic carbocycles. The number of likely N-dealkylation sites (tertiary alicyclic amines) is 1. The molecule has 150 valence electrons. The van der Waals surface area contributed by atoms with Gasteiger partial charge in [0.05, 0.1) is 0 Å². The van der Waals surface area contributed by atoms with Gasteiger partial charge in [0.25, 0.3) is 0 Å². The summed E-state index contributed by atoms with van der Waals surface area (Å²) < 4.78 is 0. The molecule has 1 aromatic heterocycles. The van der Waals surface area contributed by atoms with Crippen molar-refractivity contribution in [2.75, 3.05) is 36.4 Å². The van der Waals surface area contributed by atoms with E-state index >= 15 is 0 Å². The van der Waals surface area contributed by atoms with E-state index in [9.17, 15) is 0 Å². The summed E-state index contributed by atoms with van der Waals surface area (Å²) in [5.74, 6) is 1.93. The van der Waals surface area contributed by atoms with Crippen LogP contribution < -0.4 is 10.2 Å². The van der Waals surface area contributed by atoms with Crippen molar-refractivity contribution in [1.29, 1.82) is 0 Å². The minimum Gasteiger partial charge on any atom is -0.356 e. The normalized spacial score (nSPS) is 26.4. The van der Waals surface area contributed by atoms with Gasteiger partial charge in [-0.05, 0) is 51.1 Å². The van der Waals surface area contributed by atoms with Gasteiger partial charge in [0.2, 0.25) is 5.95 Å². The Balaban J connectivity index is 1.39. The SMILES string of the molecule is c1cc(N2CCCCCC2)nc(NC2CCCCN(C3CCCCC3)C2)n1. The number of nitrogens with zero attached hydrogens (tertiary/aromatic N) is 4. The number of nitrogens with one attached hydrogen (secondary N) is 1. The maximum absolute atomic E-state index is 4.89. The molecule has 5 heteroatoms. The quantitative estimate of drug-likeness (QED) is 0.847. The van der Waals surface area contributed by atoms with E-state index in [1.165, 1.54) is 83.6 Å². The van der Waals surface area contributed by atoms with E-state index in [-0.39, 0.29) is 0 Å². The van der Waals surface area contributed by atoms with Crippen molar-refractivity contribution < 1.29 is 0 Å². The Hall–Kier alpha value is -1.36. The van der Waals surface area contributed by atoms with E-state index in [4.69, 9.17) is 4.98 Å². The first-order valence-electron chi connectivity index (χ1n) is 11.5. The molecule has 1 N–H and O–H groups in total. The third-order valence-corrected chi connectivity index (χ3v) is 6.70. The molecule has 1 aliphatic carbocycles. The van der Waals surface area contributed by atoms with E-state index < -0.39 is 0 Å². The van der Waals surface area contributed by atoms with Crippen molar-refractivity contribution >= 4 is 11.8 Å². The lowest BCUT2D eigenvalue weighted by atomic mass is 9.94. The zero-order valence-electron chi connectivity index (χ0n) is 16.9. The molecule has 2 saturated heterocycles. The molecule has 3 heterocycles. The Bertz CT molecular complexity index is 564. The summed E-state index contributed by atoms with van der Waals surface area (Å²) in [7, 11) is 0. The Morgan fingerprint density at radius 2 is 1.52 bits per heavy atom. The molecule has 0 spiro atoms. The summed E-state index contributed by atoms with van der Waals surface area (Å²) in [6.45, 7) is 4.70. The van der Waals surface area contributed by atoms with Gasteiger partial charge in [0, 0.05) is 37.9 Å². The van der Waals surface area contributed by atoms with Crippen molar-refractivity contribution in [3.63, 3.8) is 0 Å². The van der Waals surface area contributed by atoms with Gasteiger partial charge in [-0.3, -0.25) is 4.90 Å². The topological polar surface area (TPSA) is 44.3 Å². The van der Waals surface area contributed by atoms with Crippen LogP contribution in [0.5, 0.6) is 0 Å². The summed E-state index contributed by atoms with van der Waals surface area (Å²) in [6.07, 6.45) is 18.2. The second-order valence-electron chi connectivity index (χ2n) is 8.76. The van der Waals surface area contributed by atoms with Crippen LogP contribution >= 0.6 is 0 Å². The van der Waals surface area contributed by atoms with Crippen molar-refractivity contribution in [1.82, 2.24) is 14.9 Å². The molecule has 1 unspecified atom stereocenters. The average Bonchev–Trinajstić information content (AvgIpc) is 3.12. The Morgan fingerprint density at radius 1 is 0.815 bits per heavy atom. The molecule has 1 aromatic rings. The van der Waals surface area contributed by atoms with Crippen molar-refractivity contribution in [2.24, 2.45) is 0 Å². The van der Waals surface area contributed by atoms with Crippen molar-refractivity contribution in [2.45, 2.75) is 89.1 Å². The minimum atomic E-state index is 0.480. The van der Waals surface area contributed by atoms with Gasteiger partial charge >= 0.3 is 0 Å². The van der Waals surface area contributed by atoms with Gasteiger partial charge in [-0.15, -0.1) is 0 Å². The third kappa shape index (κ3) is 5.34. The van der Waals surface area contributed by atoms with Gasteiger partial charge < -0.3 is 10.2 Å². The monoisotopic (exact) mass is 371 g/mol. The number of anilines is 2. The molecule has 3 fully saturated rings. The molecule has 3 aliphatic rings. The molecule has 0 bridgehead atoms. The highest BCUT2D eigenvalue weighted by Crippen LogP contribution is 2.26. The standard InChI is InChI=1S/C22H37N5/c1-2-8-16-26(15-7-1)21-13-14-23-22(25-21)24-19-10-6-9-17-27(18-19)20-11-4-3-5-12-20/h13-14,19-20H,1-12,15-18H2,(H,23,24,25). The van der Waals surface area contributed by atoms with E-state index in [1.54, 1.807) is 0 Å². The smallest absolute Gasteiger partial charge is 0.224 e. The van der Waals surface area contributed by atoms with E-state index in [2.05, 4.69) is 26.2 Å². The predicted molar refractivity (Wildman–Crippen MR) is 112 cm³/mol. The van der Waals surface area contributed by atoms with Crippen LogP contribution in [0.3, 0.4) is 0 Å². The average molecular weight is 372 g/mol. The minimum absolute atomic E-state index is 0.480. The Kier molecular flexibility index (Phi) is 6.83. The Morgan fingerprint density at radius 3 is 2.33 bits per heavy atom. The van der Waals surface area contributed by atoms with Crippen LogP contribution in [0, 0.1) is 0 Å². The lowest BCUT2D eigenvalue weighted by Crippen LogP contribution is -2.43. The highest BCUT2D eigenvalue weighted by atomic mass is 15.2. The van der Waals surface area contributed by atoms with E-state index in [0.717, 1.165) is 37.4 Å². The summed E-state index contributed by atoms with van der Waals surface area (Å²) in [5.41, 5.74) is 0. The fourth-order valence-electron chi connectivity index (χ4n) is 5.14. The molecule has 1 saturated carbocycles. The second-order valence-corrected chi connectivity index (χ2v) is 8.76. The molecule has 0 radical (unpaired) electrons. The van der Waals surface area contributed by atoms with Crippen molar-refractivity contribution in [3.05, 3.63) is 12.3 Å². The van der Waals surface area contributed by atoms with Gasteiger partial charge in [-0.25, -0.2) is 4.98 Å². The van der Waals surface area contributed by atoms with E-state index in [0.29, 0.717) is 6.04 Å². The first-order valence-corrected chi connectivity index (χ1v) is 11.5. The summed E-state index contributed by atoms with van der Waals surface area (Å²) in [6, 6.07) is 3.37. The van der Waals surface area contributed by atoms with Crippen LogP contribution in [0.1, 0.15) is 77.0 Å². The van der Waals surface area contributed by atoms with Gasteiger partial charge in [0.1, 0.15) is 5.82 Å². The predicted octanol–water partition coefficient (Wildman–Crippen LogP) is 4.46. The molecular weight excluding hydrogens is 334 g/mol. The summed E-state index contributed by atoms with van der Waals surface area (Å²) >= 11 is 0. The van der Waals surface area contributed by atoms with Gasteiger partial charge in [-0.1, -0.05) is 38.5 Å². The van der Waals surface area contributed by atoms with Crippen LogP contribution in [-0.4, -0.2) is 53.1 Å². The maximum Gasteiger partial charge on any atom is 0.224 e. The Labute approximate surface area is 164 Å². The zero-order chi connectivity index (χ0) is 18.3. The fourth-order valence-corrected chi connectivity index (χ4v) is 5.14. The molecule has 5 nitrogen and oxygen atoms in total. The number of hydrogen-bond donors (Lipinski definition) is 1. The first kappa shape index (κ1) is 19.0. The highest BCUT2D eigenvalue weighted by Gasteiger charge is 2.26. The van der Waals surface area contributed by atoms with Gasteiger partial charge in [0.15, 0.2) is 0 Å². The lowest BCUT2D eigenvalue weighted by molar-refractivity contribution is 0.158. The van der Waals surface area contributed by atoms with Gasteiger partial charge in [-0.2, -0.15) is 4.98 Å². The zero-order valence-corrected chi connectivity index (χ0v) is 16.9. The highest BCUT2D eigenvalue weighted by molar-refractivity contribution is 5.43. The van der Waals surface area contributed by atoms with Crippen LogP contribution in [-0.2, 0) is 0 Å². The van der Waals surface area contributed by atoms with Crippen LogP contribution in [0.15, 0.2) is 12.3 Å². The molecule has 27 heavy (non-hydrogen) atoms. The van der Waals surface area contributed by atoms with Crippen LogP contribution in [0.25, 0.3) is 0 Å². The third-order valence-electron chi connectivity index (χ3n) is 6.70. The maximum atomic E-state index is 4.89. The lowest BCUT2D eigenvalue weighted by Gasteiger charge is -2.35. The number of rotatable bonds is 4. The van der Waals surface area contributed by atoms with Crippen LogP contribution in [0.4, 0.5) is 11.8 Å². The van der Waals surface area contributed by atoms with Crippen LogP contribution in [0.2, 0.25) is 0 Å². The first-order chi connectivity index (χ1) is 13.4. The number of aromatic nitrogens is 2. The molecule has 4 rings (SSSR count). The number of hydrogen-bond acceptors (Lipinski definition) is 5.